The van der Waals surface area contributed by atoms with E-state index >= 15 is 0 Å². The van der Waals surface area contributed by atoms with Gasteiger partial charge < -0.3 is 39.7 Å². The molecule has 0 bridgehead atoms. The van der Waals surface area contributed by atoms with Gasteiger partial charge in [-0.25, -0.2) is 4.79 Å². The lowest BCUT2D eigenvalue weighted by Crippen LogP contribution is -2.34. The number of phenolic OH excluding ortho intramolecular Hbond substituents is 5. The van der Waals surface area contributed by atoms with Gasteiger partial charge in [-0.15, -0.1) is 0 Å². The van der Waals surface area contributed by atoms with Gasteiger partial charge in [-0.05, 0) is 36.8 Å². The molecule has 0 saturated carbocycles. The molecule has 0 aromatic heterocycles. The van der Waals surface area contributed by atoms with Crippen LogP contribution in [-0.4, -0.2) is 44.7 Å². The fourth-order valence-corrected chi connectivity index (χ4v) is 3.78. The topological polar surface area (TPSA) is 146 Å². The van der Waals surface area contributed by atoms with Gasteiger partial charge >= 0.3 is 5.97 Å². The molecule has 0 radical (unpaired) electrons. The molecule has 2 atom stereocenters. The van der Waals surface area contributed by atoms with Crippen molar-refractivity contribution in [2.75, 3.05) is 7.11 Å². The number of ether oxygens (including phenoxy) is 3. The zero-order chi connectivity index (χ0) is 23.9. The molecule has 0 aliphatic carbocycles. The highest BCUT2D eigenvalue weighted by Crippen LogP contribution is 2.44. The Morgan fingerprint density at radius 1 is 0.970 bits per heavy atom. The average Bonchev–Trinajstić information content (AvgIpc) is 2.77. The van der Waals surface area contributed by atoms with Crippen LogP contribution in [0.4, 0.5) is 0 Å². The minimum absolute atomic E-state index is 0.0493. The lowest BCUT2D eigenvalue weighted by Gasteiger charge is -2.34. The summed E-state index contributed by atoms with van der Waals surface area (Å²) in [6.45, 7) is 1.61. The van der Waals surface area contributed by atoms with E-state index in [9.17, 15) is 30.3 Å². The normalized spacial score (nSPS) is 17.0. The summed E-state index contributed by atoms with van der Waals surface area (Å²) in [5.74, 6) is -1.65. The Morgan fingerprint density at radius 3 is 2.42 bits per heavy atom. The zero-order valence-corrected chi connectivity index (χ0v) is 17.8. The van der Waals surface area contributed by atoms with Crippen molar-refractivity contribution in [1.29, 1.82) is 0 Å². The largest absolute Gasteiger partial charge is 0.508 e. The first kappa shape index (κ1) is 21.9. The number of hydrogen-bond donors (Lipinski definition) is 5. The van der Waals surface area contributed by atoms with E-state index in [4.69, 9.17) is 14.2 Å². The van der Waals surface area contributed by atoms with Crippen LogP contribution in [0.15, 0.2) is 42.5 Å². The summed E-state index contributed by atoms with van der Waals surface area (Å²) in [6, 6.07) is 9.34. The highest BCUT2D eigenvalue weighted by Gasteiger charge is 2.37. The number of rotatable bonds is 4. The van der Waals surface area contributed by atoms with E-state index in [0.717, 1.165) is 6.07 Å². The number of carbonyl (C=O) groups excluding carboxylic acids is 1. The number of fused-ring (bicyclic) bond motifs is 1. The highest BCUT2D eigenvalue weighted by atomic mass is 16.6. The van der Waals surface area contributed by atoms with Crippen LogP contribution in [0.25, 0.3) is 0 Å². The van der Waals surface area contributed by atoms with Crippen LogP contribution in [0.1, 0.15) is 33.2 Å². The van der Waals surface area contributed by atoms with Crippen molar-refractivity contribution in [3.8, 4) is 40.2 Å². The molecule has 172 valence electrons. The summed E-state index contributed by atoms with van der Waals surface area (Å²) in [5.41, 5.74) is 1.29. The molecule has 9 nitrogen and oxygen atoms in total. The molecule has 0 saturated heterocycles. The van der Waals surface area contributed by atoms with Crippen molar-refractivity contribution in [3.05, 3.63) is 64.7 Å². The lowest BCUT2D eigenvalue weighted by molar-refractivity contribution is -0.0188. The molecule has 9 heteroatoms. The molecule has 0 spiro atoms. The van der Waals surface area contributed by atoms with Crippen molar-refractivity contribution >= 4 is 5.97 Å². The van der Waals surface area contributed by atoms with Crippen LogP contribution >= 0.6 is 0 Å². The molecular weight excluding hydrogens is 432 g/mol. The van der Waals surface area contributed by atoms with E-state index in [0.29, 0.717) is 16.7 Å². The Kier molecular flexibility index (Phi) is 5.55. The van der Waals surface area contributed by atoms with Gasteiger partial charge in [-0.3, -0.25) is 0 Å². The summed E-state index contributed by atoms with van der Waals surface area (Å²) < 4.78 is 16.8. The molecule has 3 aromatic carbocycles. The smallest absolute Gasteiger partial charge is 0.338 e. The minimum Gasteiger partial charge on any atom is -0.508 e. The van der Waals surface area contributed by atoms with Crippen molar-refractivity contribution < 1.29 is 44.5 Å². The van der Waals surface area contributed by atoms with Gasteiger partial charge in [0, 0.05) is 29.7 Å². The standard InChI is InChI=1S/C24H22O9/c1-11-5-13(7-20(31-2)22(11)29)24(30)33-21-10-15-17(27)8-14(25)9-19(15)32-23(21)12-3-4-16(26)18(28)6-12/h3-9,21,23,25-29H,10H2,1-2H3/t21-,23-/m1/s1. The zero-order valence-electron chi connectivity index (χ0n) is 17.8. The van der Waals surface area contributed by atoms with E-state index in [-0.39, 0.29) is 52.2 Å². The van der Waals surface area contributed by atoms with Crippen LogP contribution in [0.3, 0.4) is 0 Å². The molecular formula is C24H22O9. The third kappa shape index (κ3) is 4.12. The van der Waals surface area contributed by atoms with Gasteiger partial charge in [-0.2, -0.15) is 0 Å². The van der Waals surface area contributed by atoms with E-state index in [1.807, 2.05) is 0 Å². The summed E-state index contributed by atoms with van der Waals surface area (Å²) in [7, 11) is 1.36. The summed E-state index contributed by atoms with van der Waals surface area (Å²) >= 11 is 0. The Bertz CT molecular complexity index is 1240. The van der Waals surface area contributed by atoms with E-state index in [1.54, 1.807) is 6.92 Å². The van der Waals surface area contributed by atoms with Gasteiger partial charge in [0.1, 0.15) is 23.4 Å². The molecule has 5 N–H and O–H groups in total. The predicted molar refractivity (Wildman–Crippen MR) is 115 cm³/mol. The maximum Gasteiger partial charge on any atom is 0.338 e. The lowest BCUT2D eigenvalue weighted by atomic mass is 9.93. The summed E-state index contributed by atoms with van der Waals surface area (Å²) in [6.07, 6.45) is -1.81. The second-order valence-corrected chi connectivity index (χ2v) is 7.72. The monoisotopic (exact) mass is 454 g/mol. The van der Waals surface area contributed by atoms with Gasteiger partial charge in [0.2, 0.25) is 0 Å². The third-order valence-corrected chi connectivity index (χ3v) is 5.47. The number of methoxy groups -OCH3 is 1. The number of aromatic hydroxyl groups is 5. The molecule has 1 heterocycles. The Balaban J connectivity index is 1.72. The van der Waals surface area contributed by atoms with Crippen molar-refractivity contribution in [1.82, 2.24) is 0 Å². The number of benzene rings is 3. The van der Waals surface area contributed by atoms with Gasteiger partial charge in [-0.1, -0.05) is 6.07 Å². The quantitative estimate of drug-likeness (QED) is 0.295. The first-order valence-corrected chi connectivity index (χ1v) is 10.00. The number of hydrogen-bond acceptors (Lipinski definition) is 9. The van der Waals surface area contributed by atoms with Gasteiger partial charge in [0.25, 0.3) is 0 Å². The number of aryl methyl sites for hydroxylation is 1. The first-order valence-electron chi connectivity index (χ1n) is 10.00. The highest BCUT2D eigenvalue weighted by molar-refractivity contribution is 5.91. The van der Waals surface area contributed by atoms with Crippen LogP contribution in [0, 0.1) is 6.92 Å². The van der Waals surface area contributed by atoms with Crippen LogP contribution in [0.2, 0.25) is 0 Å². The van der Waals surface area contributed by atoms with Gasteiger partial charge in [0.15, 0.2) is 29.1 Å². The second-order valence-electron chi connectivity index (χ2n) is 7.72. The van der Waals surface area contributed by atoms with E-state index in [2.05, 4.69) is 0 Å². The molecule has 1 aliphatic rings. The number of esters is 1. The van der Waals surface area contributed by atoms with Gasteiger partial charge in [0.05, 0.1) is 12.7 Å². The van der Waals surface area contributed by atoms with Crippen molar-refractivity contribution in [2.45, 2.75) is 25.6 Å². The minimum atomic E-state index is -0.940. The molecule has 33 heavy (non-hydrogen) atoms. The number of carbonyl (C=O) groups is 1. The third-order valence-electron chi connectivity index (χ3n) is 5.47. The Labute approximate surface area is 188 Å². The van der Waals surface area contributed by atoms with Crippen LogP contribution < -0.4 is 9.47 Å². The number of phenols is 5. The molecule has 3 aromatic rings. The predicted octanol–water partition coefficient (Wildman–Crippen LogP) is 3.43. The maximum absolute atomic E-state index is 13.0. The fourth-order valence-electron chi connectivity index (χ4n) is 3.78. The molecule has 0 fully saturated rings. The molecule has 4 rings (SSSR count). The van der Waals surface area contributed by atoms with Crippen molar-refractivity contribution in [3.63, 3.8) is 0 Å². The van der Waals surface area contributed by atoms with E-state index in [1.165, 1.54) is 43.5 Å². The molecule has 0 unspecified atom stereocenters. The second kappa shape index (κ2) is 8.34. The average molecular weight is 454 g/mol. The summed E-state index contributed by atoms with van der Waals surface area (Å²) in [4.78, 5) is 13.0. The van der Waals surface area contributed by atoms with Crippen LogP contribution in [-0.2, 0) is 11.2 Å². The van der Waals surface area contributed by atoms with Crippen LogP contribution in [0.5, 0.6) is 40.2 Å². The SMILES string of the molecule is COc1cc(C(=O)O[C@@H]2Cc3c(O)cc(O)cc3O[C@@H]2c2ccc(O)c(O)c2)cc(C)c1O. The summed E-state index contributed by atoms with van der Waals surface area (Å²) in [5, 5.41) is 49.8. The Morgan fingerprint density at radius 2 is 1.73 bits per heavy atom. The van der Waals surface area contributed by atoms with E-state index < -0.39 is 18.2 Å². The molecule has 0 amide bonds. The van der Waals surface area contributed by atoms with Crippen molar-refractivity contribution in [2.24, 2.45) is 0 Å². The Hall–Kier alpha value is -4.27. The fraction of sp³-hybridized carbons (Fsp3) is 0.208. The molecule has 1 aliphatic heterocycles. The first-order chi connectivity index (χ1) is 15.7. The maximum atomic E-state index is 13.0.